The lowest BCUT2D eigenvalue weighted by atomic mass is 9.98. The summed E-state index contributed by atoms with van der Waals surface area (Å²) in [6.45, 7) is 4.29. The van der Waals surface area contributed by atoms with Crippen LogP contribution in [0.1, 0.15) is 30.5 Å². The number of amides is 1. The Morgan fingerprint density at radius 2 is 1.80 bits per heavy atom. The summed E-state index contributed by atoms with van der Waals surface area (Å²) in [7, 11) is -8.58. The largest absolute Gasteiger partial charge is 0.386 e. The molecule has 16 heteroatoms. The fourth-order valence-electron chi connectivity index (χ4n) is 3.87. The summed E-state index contributed by atoms with van der Waals surface area (Å²) in [4.78, 5) is 18.4. The number of nitrogens with two attached hydrogens (primary N) is 1. The molecule has 3 aromatic rings. The monoisotopic (exact) mass is 593 g/mol. The molecule has 0 saturated carbocycles. The van der Waals surface area contributed by atoms with E-state index in [9.17, 15) is 33.0 Å². The molecule has 0 spiro atoms. The average molecular weight is 594 g/mol. The lowest BCUT2D eigenvalue weighted by Gasteiger charge is -2.40. The summed E-state index contributed by atoms with van der Waals surface area (Å²) in [5, 5.41) is 13.6. The van der Waals surface area contributed by atoms with E-state index in [0.717, 1.165) is 7.05 Å². The molecule has 2 aromatic carbocycles. The Balaban J connectivity index is 0.000000252. The van der Waals surface area contributed by atoms with E-state index in [1.807, 2.05) is 13.8 Å². The molecule has 0 atom stereocenters. The highest BCUT2D eigenvalue weighted by molar-refractivity contribution is 8.45. The van der Waals surface area contributed by atoms with Crippen LogP contribution >= 0.6 is 10.2 Å². The zero-order valence-electron chi connectivity index (χ0n) is 21.4. The normalized spacial score (nSPS) is 14.4. The number of halogens is 7. The molecule has 2 heterocycles. The number of hydrogen-bond acceptors (Lipinski definition) is 7. The third-order valence-corrected chi connectivity index (χ3v) is 6.88. The summed E-state index contributed by atoms with van der Waals surface area (Å²) in [6.07, 6.45) is 2.40. The topological polar surface area (TPSA) is 120 Å². The van der Waals surface area contributed by atoms with Crippen molar-refractivity contribution >= 4 is 45.4 Å². The lowest BCUT2D eigenvalue weighted by Crippen LogP contribution is -2.19. The van der Waals surface area contributed by atoms with Crippen LogP contribution < -0.4 is 21.3 Å². The molecule has 1 aromatic heterocycles. The summed E-state index contributed by atoms with van der Waals surface area (Å²) < 4.78 is 88.9. The van der Waals surface area contributed by atoms with Crippen LogP contribution in [-0.2, 0) is 11.2 Å². The van der Waals surface area contributed by atoms with Gasteiger partial charge in [-0.25, -0.2) is 18.7 Å². The summed E-state index contributed by atoms with van der Waals surface area (Å²) in [6, 6.07) is 3.63. The van der Waals surface area contributed by atoms with Crippen molar-refractivity contribution in [3.8, 4) is 0 Å². The van der Waals surface area contributed by atoms with Gasteiger partial charge in [0.1, 0.15) is 34.5 Å². The van der Waals surface area contributed by atoms with E-state index in [1.165, 1.54) is 17.3 Å². The van der Waals surface area contributed by atoms with Crippen molar-refractivity contribution in [3.63, 3.8) is 0 Å². The number of anilines is 4. The van der Waals surface area contributed by atoms with E-state index in [0.29, 0.717) is 42.5 Å². The number of aromatic nitrogens is 2. The third-order valence-electron chi connectivity index (χ3n) is 5.73. The molecule has 0 aliphatic carbocycles. The minimum Gasteiger partial charge on any atom is -0.386 e. The fourth-order valence-corrected chi connectivity index (χ4v) is 4.54. The molecule has 1 aliphatic heterocycles. The van der Waals surface area contributed by atoms with Gasteiger partial charge in [0.05, 0.1) is 17.0 Å². The number of nitrogen functional groups attached to an aromatic ring is 1. The average Bonchev–Trinajstić information content (AvgIpc) is 3.27. The van der Waals surface area contributed by atoms with Crippen molar-refractivity contribution < 1.29 is 33.0 Å². The van der Waals surface area contributed by atoms with Crippen LogP contribution in [0.25, 0.3) is 0 Å². The second-order valence-electron chi connectivity index (χ2n) is 8.99. The number of nitrogens with one attached hydrogen (secondary N) is 3. The van der Waals surface area contributed by atoms with Crippen molar-refractivity contribution in [2.75, 3.05) is 34.9 Å². The van der Waals surface area contributed by atoms with E-state index in [-0.39, 0.29) is 40.8 Å². The number of hydrogen-bond donors (Lipinski definition) is 4. The molecule has 0 fully saturated rings. The van der Waals surface area contributed by atoms with Crippen molar-refractivity contribution in [1.29, 1.82) is 5.41 Å². The number of benzene rings is 2. The molecule has 4 rings (SSSR count). The highest BCUT2D eigenvalue weighted by Gasteiger charge is 2.65. The third kappa shape index (κ3) is 6.55. The number of carbonyl (C=O) groups is 1. The van der Waals surface area contributed by atoms with Crippen LogP contribution in [0, 0.1) is 17.0 Å². The zero-order valence-corrected chi connectivity index (χ0v) is 22.2. The molecular weight excluding hydrogens is 567 g/mol. The molecule has 1 amide bonds. The molecule has 5 N–H and O–H groups in total. The van der Waals surface area contributed by atoms with Crippen LogP contribution in [0.4, 0.5) is 51.2 Å². The number of nitrogens with zero attached hydrogens (tertiary/aromatic N) is 3. The van der Waals surface area contributed by atoms with Gasteiger partial charge in [0.25, 0.3) is 0 Å². The maximum absolute atomic E-state index is 15.0. The first-order valence-electron chi connectivity index (χ1n) is 11.6. The zero-order chi connectivity index (χ0) is 30.1. The number of rotatable bonds is 7. The molecule has 0 radical (unpaired) electrons. The van der Waals surface area contributed by atoms with Crippen LogP contribution in [0.3, 0.4) is 0 Å². The van der Waals surface area contributed by atoms with E-state index in [2.05, 4.69) is 20.6 Å². The van der Waals surface area contributed by atoms with Gasteiger partial charge in [0, 0.05) is 36.4 Å². The SMILES string of the molecule is CC(C)Nc1ncnc(N)c1C(=N)c1ccc2c(c1F)CCN2C=O.CNc1cc(S(F)(F)(F)(F)F)ccc1F. The van der Waals surface area contributed by atoms with Gasteiger partial charge < -0.3 is 21.3 Å². The predicted molar refractivity (Wildman–Crippen MR) is 142 cm³/mol. The molecule has 218 valence electrons. The summed E-state index contributed by atoms with van der Waals surface area (Å²) >= 11 is 0. The van der Waals surface area contributed by atoms with Crippen LogP contribution in [0.2, 0.25) is 0 Å². The number of carbonyl (C=O) groups excluding carboxylic acids is 1. The Morgan fingerprint density at radius 3 is 2.38 bits per heavy atom. The molecule has 1 aliphatic rings. The Kier molecular flexibility index (Phi) is 7.73. The Morgan fingerprint density at radius 1 is 1.12 bits per heavy atom. The molecular formula is C24H26F7N7OS. The first kappa shape index (κ1) is 30.5. The molecule has 0 unspecified atom stereocenters. The second kappa shape index (κ2) is 10.1. The van der Waals surface area contributed by atoms with Gasteiger partial charge in [-0.3, -0.25) is 10.2 Å². The van der Waals surface area contributed by atoms with Crippen molar-refractivity contribution in [3.05, 3.63) is 65.0 Å². The van der Waals surface area contributed by atoms with Gasteiger partial charge >= 0.3 is 10.2 Å². The maximum Gasteiger partial charge on any atom is 0.310 e. The van der Waals surface area contributed by atoms with Crippen LogP contribution in [-0.4, -0.2) is 41.7 Å². The van der Waals surface area contributed by atoms with Gasteiger partial charge in [-0.2, -0.15) is 0 Å². The van der Waals surface area contributed by atoms with Gasteiger partial charge in [0.2, 0.25) is 6.41 Å². The van der Waals surface area contributed by atoms with Crippen molar-refractivity contribution in [2.45, 2.75) is 31.2 Å². The van der Waals surface area contributed by atoms with Gasteiger partial charge in [-0.1, -0.05) is 19.4 Å². The van der Waals surface area contributed by atoms with Crippen LogP contribution in [0.5, 0.6) is 0 Å². The Bertz CT molecular complexity index is 1470. The van der Waals surface area contributed by atoms with Gasteiger partial charge in [-0.15, -0.1) is 0 Å². The first-order chi connectivity index (χ1) is 18.4. The predicted octanol–water partition coefficient (Wildman–Crippen LogP) is 6.48. The minimum absolute atomic E-state index is 0.0255. The molecule has 0 bridgehead atoms. The maximum atomic E-state index is 15.0. The fraction of sp³-hybridized carbons (Fsp3) is 0.250. The van der Waals surface area contributed by atoms with Gasteiger partial charge in [0.15, 0.2) is 0 Å². The first-order valence-corrected chi connectivity index (χ1v) is 13.5. The smallest absolute Gasteiger partial charge is 0.310 e. The van der Waals surface area contributed by atoms with Crippen LogP contribution in [0.15, 0.2) is 41.6 Å². The van der Waals surface area contributed by atoms with E-state index < -0.39 is 32.4 Å². The highest BCUT2D eigenvalue weighted by Crippen LogP contribution is 3.02. The van der Waals surface area contributed by atoms with Crippen molar-refractivity contribution in [2.24, 2.45) is 0 Å². The Labute approximate surface area is 225 Å². The second-order valence-corrected chi connectivity index (χ2v) is 11.4. The summed E-state index contributed by atoms with van der Waals surface area (Å²) in [5.41, 5.74) is 6.57. The molecule has 0 saturated heterocycles. The summed E-state index contributed by atoms with van der Waals surface area (Å²) in [5.74, 6) is -1.03. The minimum atomic E-state index is -9.71. The molecule has 8 nitrogen and oxygen atoms in total. The standard InChI is InChI=1S/C17H19FN6O.C7H7F6NS/c1-9(2)23-17-13(16(20)21-7-22-17)15(19)11-3-4-12-10(14(11)18)5-6-24(12)8-25;1-14-7-4-5(2-3-6(7)8)15(9,10,11,12)13/h3-4,7-9,19H,5-6H2,1-2H3,(H3,20,21,22,23);2-4,14H,1H3. The van der Waals surface area contributed by atoms with E-state index in [1.54, 1.807) is 6.07 Å². The lowest BCUT2D eigenvalue weighted by molar-refractivity contribution is -0.107. The highest BCUT2D eigenvalue weighted by atomic mass is 32.5. The Hall–Kier alpha value is -4.08. The number of fused-ring (bicyclic) bond motifs is 1. The quantitative estimate of drug-likeness (QED) is 0.142. The van der Waals surface area contributed by atoms with E-state index >= 15 is 0 Å². The van der Waals surface area contributed by atoms with Gasteiger partial charge in [-0.05, 0) is 50.6 Å². The van der Waals surface area contributed by atoms with Crippen molar-refractivity contribution in [1.82, 2.24) is 9.97 Å². The molecule has 40 heavy (non-hydrogen) atoms. The van der Waals surface area contributed by atoms with E-state index in [4.69, 9.17) is 11.1 Å².